The number of hydrogen-bond acceptors (Lipinski definition) is 5. The average molecular weight is 368 g/mol. The van der Waals surface area contributed by atoms with Gasteiger partial charge in [-0.25, -0.2) is 0 Å². The number of ketones is 2. The Morgan fingerprint density at radius 1 is 1.22 bits per heavy atom. The van der Waals surface area contributed by atoms with Crippen molar-refractivity contribution in [3.63, 3.8) is 0 Å². The van der Waals surface area contributed by atoms with Gasteiger partial charge in [0.1, 0.15) is 0 Å². The predicted octanol–water partition coefficient (Wildman–Crippen LogP) is 3.73. The molecule has 142 valence electrons. The Morgan fingerprint density at radius 2 is 1.81 bits per heavy atom. The van der Waals surface area contributed by atoms with E-state index in [-0.39, 0.29) is 28.8 Å². The number of carbonyl (C=O) groups is 2. The molecule has 1 N–H and O–H groups in total. The summed E-state index contributed by atoms with van der Waals surface area (Å²) in [5.41, 5.74) is 1.16. The quantitative estimate of drug-likeness (QED) is 0.877. The van der Waals surface area contributed by atoms with Gasteiger partial charge < -0.3 is 14.6 Å². The highest BCUT2D eigenvalue weighted by Gasteiger charge is 2.54. The number of Topliss-reactive ketones (excluding diaryl/α,β-unsaturated/α-hetero) is 1. The van der Waals surface area contributed by atoms with Gasteiger partial charge in [-0.05, 0) is 48.3 Å². The SMILES string of the molecule is C=CC1=CC[C@H]2C(=O)C(C)=CC(=O)[C@@]2(C)[C@H]1c1cc(OC)c(O)c(OC)c1. The normalized spacial score (nSPS) is 27.4. The third kappa shape index (κ3) is 2.69. The lowest BCUT2D eigenvalue weighted by molar-refractivity contribution is -0.137. The van der Waals surface area contributed by atoms with Crippen molar-refractivity contribution in [1.82, 2.24) is 0 Å². The number of phenolic OH excluding ortho intramolecular Hbond substituents is 1. The molecule has 3 atom stereocenters. The van der Waals surface area contributed by atoms with Gasteiger partial charge in [0.25, 0.3) is 0 Å². The summed E-state index contributed by atoms with van der Waals surface area (Å²) in [5.74, 6) is -0.522. The smallest absolute Gasteiger partial charge is 0.200 e. The zero-order valence-corrected chi connectivity index (χ0v) is 16.0. The predicted molar refractivity (Wildman–Crippen MR) is 102 cm³/mol. The molecule has 0 radical (unpaired) electrons. The molecule has 5 heteroatoms. The molecule has 0 spiro atoms. The molecule has 2 aliphatic rings. The molecule has 3 rings (SSSR count). The molecular formula is C22H24O5. The summed E-state index contributed by atoms with van der Waals surface area (Å²) in [5, 5.41) is 10.2. The van der Waals surface area contributed by atoms with Crippen LogP contribution in [0.1, 0.15) is 31.7 Å². The molecule has 0 fully saturated rings. The second kappa shape index (κ2) is 6.72. The lowest BCUT2D eigenvalue weighted by Crippen LogP contribution is -2.49. The Morgan fingerprint density at radius 3 is 2.33 bits per heavy atom. The van der Waals surface area contributed by atoms with Crippen LogP contribution in [-0.2, 0) is 9.59 Å². The maximum atomic E-state index is 13.1. The minimum atomic E-state index is -0.943. The third-order valence-electron chi connectivity index (χ3n) is 5.90. The Kier molecular flexibility index (Phi) is 4.72. The van der Waals surface area contributed by atoms with Crippen LogP contribution in [0.2, 0.25) is 0 Å². The Bertz CT molecular complexity index is 867. The van der Waals surface area contributed by atoms with E-state index in [9.17, 15) is 14.7 Å². The fourth-order valence-electron chi connectivity index (χ4n) is 4.38. The molecule has 2 aliphatic carbocycles. The van der Waals surface area contributed by atoms with Crippen LogP contribution in [0.25, 0.3) is 0 Å². The van der Waals surface area contributed by atoms with Crippen molar-refractivity contribution in [2.75, 3.05) is 14.2 Å². The zero-order chi connectivity index (χ0) is 19.9. The molecule has 1 aromatic rings. The van der Waals surface area contributed by atoms with Gasteiger partial charge in [-0.15, -0.1) is 0 Å². The van der Waals surface area contributed by atoms with E-state index in [1.807, 2.05) is 13.0 Å². The minimum Gasteiger partial charge on any atom is -0.502 e. The molecule has 0 aromatic heterocycles. The van der Waals surface area contributed by atoms with Gasteiger partial charge in [-0.2, -0.15) is 0 Å². The molecule has 5 nitrogen and oxygen atoms in total. The van der Waals surface area contributed by atoms with E-state index >= 15 is 0 Å². The van der Waals surface area contributed by atoms with Crippen LogP contribution in [0.15, 0.2) is 48.1 Å². The molecule has 0 saturated heterocycles. The van der Waals surface area contributed by atoms with Crippen molar-refractivity contribution >= 4 is 11.6 Å². The first-order chi connectivity index (χ1) is 12.8. The van der Waals surface area contributed by atoms with Crippen molar-refractivity contribution in [2.45, 2.75) is 26.2 Å². The van der Waals surface area contributed by atoms with Gasteiger partial charge in [0.15, 0.2) is 23.1 Å². The monoisotopic (exact) mass is 368 g/mol. The van der Waals surface area contributed by atoms with E-state index in [0.29, 0.717) is 12.0 Å². The highest BCUT2D eigenvalue weighted by atomic mass is 16.5. The first kappa shape index (κ1) is 19.0. The highest BCUT2D eigenvalue weighted by molar-refractivity contribution is 6.13. The molecule has 1 aromatic carbocycles. The Hall–Kier alpha value is -2.82. The van der Waals surface area contributed by atoms with Crippen molar-refractivity contribution in [2.24, 2.45) is 11.3 Å². The van der Waals surface area contributed by atoms with E-state index in [1.165, 1.54) is 20.3 Å². The van der Waals surface area contributed by atoms with E-state index in [1.54, 1.807) is 25.1 Å². The molecule has 0 amide bonds. The van der Waals surface area contributed by atoms with Crippen LogP contribution >= 0.6 is 0 Å². The lowest BCUT2D eigenvalue weighted by atomic mass is 9.53. The van der Waals surface area contributed by atoms with Crippen LogP contribution < -0.4 is 9.47 Å². The molecule has 0 unspecified atom stereocenters. The van der Waals surface area contributed by atoms with E-state index in [4.69, 9.17) is 9.47 Å². The Balaban J connectivity index is 2.27. The summed E-state index contributed by atoms with van der Waals surface area (Å²) in [7, 11) is 2.91. The maximum absolute atomic E-state index is 13.1. The van der Waals surface area contributed by atoms with Crippen molar-refractivity contribution in [3.8, 4) is 17.2 Å². The number of carbonyl (C=O) groups excluding carboxylic acids is 2. The second-order valence-electron chi connectivity index (χ2n) is 7.24. The maximum Gasteiger partial charge on any atom is 0.200 e. The van der Waals surface area contributed by atoms with Crippen molar-refractivity contribution in [3.05, 3.63) is 53.6 Å². The second-order valence-corrected chi connectivity index (χ2v) is 7.24. The summed E-state index contributed by atoms with van der Waals surface area (Å²) < 4.78 is 10.6. The number of ether oxygens (including phenoxy) is 2. The number of hydrogen-bond donors (Lipinski definition) is 1. The van der Waals surface area contributed by atoms with Gasteiger partial charge in [0.05, 0.1) is 19.6 Å². The van der Waals surface area contributed by atoms with Gasteiger partial charge in [-0.3, -0.25) is 9.59 Å². The summed E-state index contributed by atoms with van der Waals surface area (Å²) in [6, 6.07) is 3.38. The van der Waals surface area contributed by atoms with Crippen molar-refractivity contribution in [1.29, 1.82) is 0 Å². The minimum absolute atomic E-state index is 0.000768. The van der Waals surface area contributed by atoms with E-state index in [0.717, 1.165) is 11.1 Å². The first-order valence-corrected chi connectivity index (χ1v) is 8.83. The fourth-order valence-corrected chi connectivity index (χ4v) is 4.38. The van der Waals surface area contributed by atoms with Gasteiger partial charge in [0, 0.05) is 11.8 Å². The van der Waals surface area contributed by atoms with Crippen LogP contribution in [-0.4, -0.2) is 30.9 Å². The van der Waals surface area contributed by atoms with Crippen molar-refractivity contribution < 1.29 is 24.2 Å². The van der Waals surface area contributed by atoms with E-state index in [2.05, 4.69) is 6.58 Å². The highest BCUT2D eigenvalue weighted by Crippen LogP contribution is 2.56. The largest absolute Gasteiger partial charge is 0.502 e. The fraction of sp³-hybridized carbons (Fsp3) is 0.364. The van der Waals surface area contributed by atoms with Crippen LogP contribution in [0.5, 0.6) is 17.2 Å². The average Bonchev–Trinajstić information content (AvgIpc) is 2.66. The molecule has 0 bridgehead atoms. The molecule has 0 aliphatic heterocycles. The van der Waals surface area contributed by atoms with E-state index < -0.39 is 17.3 Å². The molecular weight excluding hydrogens is 344 g/mol. The summed E-state index contributed by atoms with van der Waals surface area (Å²) in [6.07, 6.45) is 5.64. The number of fused-ring (bicyclic) bond motifs is 1. The summed E-state index contributed by atoms with van der Waals surface area (Å²) in [6.45, 7) is 7.43. The first-order valence-electron chi connectivity index (χ1n) is 8.83. The number of benzene rings is 1. The van der Waals surface area contributed by atoms with Crippen LogP contribution in [0.4, 0.5) is 0 Å². The molecule has 27 heavy (non-hydrogen) atoms. The Labute approximate surface area is 159 Å². The third-order valence-corrected chi connectivity index (χ3v) is 5.90. The lowest BCUT2D eigenvalue weighted by Gasteiger charge is -2.47. The topological polar surface area (TPSA) is 72.8 Å². The number of aromatic hydroxyl groups is 1. The number of methoxy groups -OCH3 is 2. The van der Waals surface area contributed by atoms with Crippen LogP contribution in [0.3, 0.4) is 0 Å². The summed E-state index contributed by atoms with van der Waals surface area (Å²) >= 11 is 0. The van der Waals surface area contributed by atoms with Gasteiger partial charge in [-0.1, -0.05) is 25.7 Å². The van der Waals surface area contributed by atoms with Crippen LogP contribution in [0, 0.1) is 11.3 Å². The molecule has 0 heterocycles. The standard InChI is InChI=1S/C22H24O5/c1-6-13-7-8-15-20(24)12(2)9-18(23)22(15,3)19(13)14-10-16(26-4)21(25)17(11-14)27-5/h6-7,9-11,15,19,25H,1,8H2,2-5H3/t15-,19+,22-/m0/s1. The van der Waals surface area contributed by atoms with Gasteiger partial charge >= 0.3 is 0 Å². The number of allylic oxidation sites excluding steroid dienone is 5. The summed E-state index contributed by atoms with van der Waals surface area (Å²) in [4.78, 5) is 25.9. The number of phenols is 1. The number of rotatable bonds is 4. The molecule has 0 saturated carbocycles. The van der Waals surface area contributed by atoms with Gasteiger partial charge in [0.2, 0.25) is 5.75 Å². The zero-order valence-electron chi connectivity index (χ0n) is 16.0.